The third-order valence-corrected chi connectivity index (χ3v) is 4.20. The Hall–Kier alpha value is -4.72. The molecule has 0 atom stereocenters. The van der Waals surface area contributed by atoms with Crippen LogP contribution in [0.4, 0.5) is 11.6 Å². The fourth-order valence-corrected chi connectivity index (χ4v) is 2.82. The number of anilines is 1. The van der Waals surface area contributed by atoms with Crippen molar-refractivity contribution in [2.75, 3.05) is 19.6 Å². The lowest BCUT2D eigenvalue weighted by Crippen LogP contribution is -2.16. The van der Waals surface area contributed by atoms with Crippen LogP contribution < -0.4 is 20.5 Å². The van der Waals surface area contributed by atoms with Crippen LogP contribution in [0.5, 0.6) is 11.5 Å². The maximum atomic E-state index is 12.3. The van der Waals surface area contributed by atoms with Gasteiger partial charge in [-0.05, 0) is 6.07 Å². The number of aromatic nitrogens is 2. The number of H-pyrrole nitrogens is 1. The maximum Gasteiger partial charge on any atom is 0.282 e. The van der Waals surface area contributed by atoms with E-state index in [-0.39, 0.29) is 40.0 Å². The van der Waals surface area contributed by atoms with Crippen LogP contribution in [0.15, 0.2) is 52.4 Å². The highest BCUT2D eigenvalue weighted by Gasteiger charge is 2.21. The minimum absolute atomic E-state index is 0.0522. The summed E-state index contributed by atoms with van der Waals surface area (Å²) in [5.41, 5.74) is 2.27. The first-order valence-corrected chi connectivity index (χ1v) is 8.78. The first-order valence-electron chi connectivity index (χ1n) is 8.78. The summed E-state index contributed by atoms with van der Waals surface area (Å²) in [4.78, 5) is 29.7. The largest absolute Gasteiger partial charge is 0.493 e. The normalized spacial score (nSPS) is 10.5. The van der Waals surface area contributed by atoms with Gasteiger partial charge in [-0.15, -0.1) is 0 Å². The molecular formula is C20H16N6O5. The molecular weight excluding hydrogens is 404 g/mol. The number of aromatic amines is 1. The molecule has 3 aromatic rings. The minimum atomic E-state index is -0.654. The quantitative estimate of drug-likeness (QED) is 0.336. The van der Waals surface area contributed by atoms with Gasteiger partial charge in [-0.1, -0.05) is 30.3 Å². The van der Waals surface area contributed by atoms with Gasteiger partial charge in [0.2, 0.25) is 5.95 Å². The average Bonchev–Trinajstić information content (AvgIpc) is 2.78. The Balaban J connectivity index is 2.01. The molecule has 11 nitrogen and oxygen atoms in total. The van der Waals surface area contributed by atoms with Gasteiger partial charge in [-0.25, -0.2) is 10.4 Å². The van der Waals surface area contributed by atoms with Crippen molar-refractivity contribution in [2.45, 2.75) is 0 Å². The fraction of sp³-hybridized carbons (Fsp3) is 0.100. The number of hydrazone groups is 1. The van der Waals surface area contributed by atoms with Gasteiger partial charge < -0.3 is 9.47 Å². The molecule has 11 heteroatoms. The molecule has 2 N–H and O–H groups in total. The molecule has 1 heterocycles. The molecule has 0 saturated heterocycles. The van der Waals surface area contributed by atoms with Crippen LogP contribution in [0.25, 0.3) is 11.3 Å². The first-order chi connectivity index (χ1) is 15.0. The Morgan fingerprint density at radius 2 is 1.97 bits per heavy atom. The van der Waals surface area contributed by atoms with E-state index in [2.05, 4.69) is 20.5 Å². The summed E-state index contributed by atoms with van der Waals surface area (Å²) in [5.74, 6) is 0.350. The molecule has 0 unspecified atom stereocenters. The van der Waals surface area contributed by atoms with E-state index in [1.54, 1.807) is 30.3 Å². The van der Waals surface area contributed by atoms with Crippen molar-refractivity contribution in [2.24, 2.45) is 5.10 Å². The summed E-state index contributed by atoms with van der Waals surface area (Å²) in [6, 6.07) is 13.2. The molecule has 0 saturated carbocycles. The lowest BCUT2D eigenvalue weighted by molar-refractivity contribution is -0.385. The Kier molecular flexibility index (Phi) is 6.22. The van der Waals surface area contributed by atoms with E-state index >= 15 is 0 Å². The number of nitrogens with one attached hydrogen (secondary N) is 2. The summed E-state index contributed by atoms with van der Waals surface area (Å²) in [7, 11) is 2.75. The zero-order chi connectivity index (χ0) is 22.4. The van der Waals surface area contributed by atoms with Crippen molar-refractivity contribution in [3.8, 4) is 28.8 Å². The second-order valence-corrected chi connectivity index (χ2v) is 5.98. The van der Waals surface area contributed by atoms with Gasteiger partial charge in [-0.2, -0.15) is 10.4 Å². The molecule has 156 valence electrons. The van der Waals surface area contributed by atoms with E-state index < -0.39 is 10.5 Å². The third-order valence-electron chi connectivity index (χ3n) is 4.20. The fourth-order valence-electron chi connectivity index (χ4n) is 2.82. The number of nitriles is 1. The molecule has 0 amide bonds. The van der Waals surface area contributed by atoms with E-state index in [1.807, 2.05) is 6.07 Å². The summed E-state index contributed by atoms with van der Waals surface area (Å²) < 4.78 is 10.4. The molecule has 3 rings (SSSR count). The summed E-state index contributed by atoms with van der Waals surface area (Å²) in [6.07, 6.45) is 1.15. The molecule has 31 heavy (non-hydrogen) atoms. The van der Waals surface area contributed by atoms with Crippen molar-refractivity contribution >= 4 is 17.9 Å². The molecule has 1 aromatic heterocycles. The van der Waals surface area contributed by atoms with E-state index in [0.29, 0.717) is 5.56 Å². The van der Waals surface area contributed by atoms with Gasteiger partial charge in [0.1, 0.15) is 17.2 Å². The summed E-state index contributed by atoms with van der Waals surface area (Å²) in [5, 5.41) is 24.6. The molecule has 0 aliphatic heterocycles. The van der Waals surface area contributed by atoms with Gasteiger partial charge in [0, 0.05) is 11.6 Å². The molecule has 2 aromatic carbocycles. The van der Waals surface area contributed by atoms with Crippen LogP contribution in [0, 0.1) is 21.4 Å². The van der Waals surface area contributed by atoms with Crippen LogP contribution in [0.3, 0.4) is 0 Å². The van der Waals surface area contributed by atoms with Gasteiger partial charge in [0.05, 0.1) is 31.1 Å². The highest BCUT2D eigenvalue weighted by atomic mass is 16.6. The van der Waals surface area contributed by atoms with Crippen molar-refractivity contribution in [1.82, 2.24) is 9.97 Å². The number of benzene rings is 2. The number of ether oxygens (including phenoxy) is 2. The van der Waals surface area contributed by atoms with Crippen LogP contribution in [-0.2, 0) is 0 Å². The SMILES string of the molecule is COc1ccc([N+](=O)[O-])c(C=NNc2nc(-c3ccccc3)c(C#N)c(=O)[nH]2)c1OC. The predicted molar refractivity (Wildman–Crippen MR) is 112 cm³/mol. The van der Waals surface area contributed by atoms with Gasteiger partial charge >= 0.3 is 0 Å². The van der Waals surface area contributed by atoms with Crippen LogP contribution in [0.1, 0.15) is 11.1 Å². The number of nitro benzene ring substituents is 1. The molecule has 0 spiro atoms. The minimum Gasteiger partial charge on any atom is -0.493 e. The number of nitrogens with zero attached hydrogens (tertiary/aromatic N) is 4. The third kappa shape index (κ3) is 4.33. The number of nitro groups is 1. The highest BCUT2D eigenvalue weighted by Crippen LogP contribution is 2.35. The zero-order valence-corrected chi connectivity index (χ0v) is 16.4. The number of hydrogen-bond donors (Lipinski definition) is 2. The average molecular weight is 420 g/mol. The molecule has 0 bridgehead atoms. The number of hydrogen-bond acceptors (Lipinski definition) is 9. The highest BCUT2D eigenvalue weighted by molar-refractivity contribution is 5.91. The van der Waals surface area contributed by atoms with Gasteiger partial charge in [0.25, 0.3) is 11.2 Å². The van der Waals surface area contributed by atoms with E-state index in [9.17, 15) is 20.2 Å². The van der Waals surface area contributed by atoms with Crippen LogP contribution in [0.2, 0.25) is 0 Å². The molecule has 0 radical (unpaired) electrons. The second kappa shape index (κ2) is 9.19. The lowest BCUT2D eigenvalue weighted by Gasteiger charge is -2.10. The summed E-state index contributed by atoms with van der Waals surface area (Å²) in [6.45, 7) is 0. The van der Waals surface area contributed by atoms with Crippen molar-refractivity contribution in [1.29, 1.82) is 5.26 Å². The number of methoxy groups -OCH3 is 2. The van der Waals surface area contributed by atoms with Crippen LogP contribution in [-0.4, -0.2) is 35.3 Å². The number of rotatable bonds is 7. The Morgan fingerprint density at radius 3 is 2.58 bits per heavy atom. The summed E-state index contributed by atoms with van der Waals surface area (Å²) >= 11 is 0. The predicted octanol–water partition coefficient (Wildman–Crippen LogP) is 2.68. The van der Waals surface area contributed by atoms with Crippen molar-refractivity contribution in [3.05, 3.63) is 74.1 Å². The Bertz CT molecular complexity index is 1250. The van der Waals surface area contributed by atoms with Gasteiger partial charge in [0.15, 0.2) is 11.5 Å². The van der Waals surface area contributed by atoms with Crippen LogP contribution >= 0.6 is 0 Å². The second-order valence-electron chi connectivity index (χ2n) is 5.98. The monoisotopic (exact) mass is 420 g/mol. The van der Waals surface area contributed by atoms with Crippen molar-refractivity contribution in [3.63, 3.8) is 0 Å². The topological polar surface area (TPSA) is 156 Å². The van der Waals surface area contributed by atoms with E-state index in [0.717, 1.165) is 6.21 Å². The first kappa shape index (κ1) is 21.0. The Labute approximate surface area is 175 Å². The smallest absolute Gasteiger partial charge is 0.282 e. The van der Waals surface area contributed by atoms with Crippen molar-refractivity contribution < 1.29 is 14.4 Å². The molecule has 0 aliphatic rings. The zero-order valence-electron chi connectivity index (χ0n) is 16.4. The van der Waals surface area contributed by atoms with Gasteiger partial charge in [-0.3, -0.25) is 19.9 Å². The van der Waals surface area contributed by atoms with E-state index in [1.165, 1.54) is 26.4 Å². The molecule has 0 fully saturated rings. The maximum absolute atomic E-state index is 12.3. The Morgan fingerprint density at radius 1 is 1.23 bits per heavy atom. The van der Waals surface area contributed by atoms with E-state index in [4.69, 9.17) is 9.47 Å². The standard InChI is InChI=1S/C20H16N6O5/c1-30-16-9-8-15(26(28)29)14(18(16)31-2)11-22-25-20-23-17(12-6-4-3-5-7-12)13(10-21)19(27)24-20/h3-9,11H,1-2H3,(H2,23,24,25,27). The molecule has 0 aliphatic carbocycles. The lowest BCUT2D eigenvalue weighted by atomic mass is 10.1.